The van der Waals surface area contributed by atoms with Crippen LogP contribution in [0.3, 0.4) is 0 Å². The summed E-state index contributed by atoms with van der Waals surface area (Å²) in [5, 5.41) is 3.43. The average Bonchev–Trinajstić information content (AvgIpc) is 3.28. The van der Waals surface area contributed by atoms with Gasteiger partial charge >= 0.3 is 0 Å². The predicted molar refractivity (Wildman–Crippen MR) is 87.1 cm³/mol. The smallest absolute Gasteiger partial charge is 0.237 e. The van der Waals surface area contributed by atoms with Crippen LogP contribution in [0.1, 0.15) is 71.1 Å². The van der Waals surface area contributed by atoms with E-state index in [1.54, 1.807) is 0 Å². The highest BCUT2D eigenvalue weighted by Crippen LogP contribution is 2.25. The molecule has 1 atom stereocenters. The van der Waals surface area contributed by atoms with E-state index in [0.29, 0.717) is 6.04 Å². The van der Waals surface area contributed by atoms with Gasteiger partial charge in [0.2, 0.25) is 5.91 Å². The van der Waals surface area contributed by atoms with E-state index in [9.17, 15) is 4.79 Å². The van der Waals surface area contributed by atoms with Crippen LogP contribution < -0.4 is 11.1 Å². The molecule has 0 aromatic rings. The number of nitrogens with zero attached hydrogens (tertiary/aromatic N) is 1. The Morgan fingerprint density at radius 1 is 1.19 bits per heavy atom. The van der Waals surface area contributed by atoms with Crippen molar-refractivity contribution in [3.63, 3.8) is 0 Å². The van der Waals surface area contributed by atoms with Gasteiger partial charge in [0.15, 0.2) is 0 Å². The van der Waals surface area contributed by atoms with E-state index >= 15 is 0 Å². The van der Waals surface area contributed by atoms with Crippen molar-refractivity contribution in [3.8, 4) is 0 Å². The topological polar surface area (TPSA) is 58.4 Å². The maximum atomic E-state index is 11.7. The van der Waals surface area contributed by atoms with Crippen molar-refractivity contribution in [1.29, 1.82) is 0 Å². The maximum absolute atomic E-state index is 11.7. The molecule has 2 saturated carbocycles. The fourth-order valence-corrected chi connectivity index (χ4v) is 3.49. The van der Waals surface area contributed by atoms with Gasteiger partial charge in [-0.25, -0.2) is 0 Å². The van der Waals surface area contributed by atoms with Gasteiger partial charge in [-0.2, -0.15) is 0 Å². The fourth-order valence-electron chi connectivity index (χ4n) is 3.49. The molecule has 0 spiro atoms. The van der Waals surface area contributed by atoms with Crippen molar-refractivity contribution >= 4 is 5.91 Å². The van der Waals surface area contributed by atoms with E-state index in [1.165, 1.54) is 44.9 Å². The quantitative estimate of drug-likeness (QED) is 0.642. The van der Waals surface area contributed by atoms with Gasteiger partial charge in [0.25, 0.3) is 0 Å². The molecular weight excluding hydrogens is 262 g/mol. The molecule has 3 N–H and O–H groups in total. The van der Waals surface area contributed by atoms with Crippen molar-refractivity contribution < 1.29 is 4.79 Å². The van der Waals surface area contributed by atoms with Crippen LogP contribution in [0.15, 0.2) is 0 Å². The van der Waals surface area contributed by atoms with E-state index in [4.69, 9.17) is 5.73 Å². The summed E-state index contributed by atoms with van der Waals surface area (Å²) in [5.41, 5.74) is 5.08. The molecule has 0 heterocycles. The number of unbranched alkanes of at least 4 members (excludes halogenated alkanes) is 1. The number of rotatable bonds is 9. The molecule has 0 saturated heterocycles. The second-order valence-electron chi connectivity index (χ2n) is 7.34. The number of carbonyl (C=O) groups is 1. The van der Waals surface area contributed by atoms with Gasteiger partial charge < -0.3 is 16.0 Å². The first-order chi connectivity index (χ1) is 10.0. The highest BCUT2D eigenvalue weighted by molar-refractivity contribution is 5.84. The van der Waals surface area contributed by atoms with Crippen LogP contribution in [-0.2, 0) is 4.79 Å². The number of amides is 1. The van der Waals surface area contributed by atoms with Crippen LogP contribution in [-0.4, -0.2) is 42.0 Å². The molecule has 1 unspecified atom stereocenters. The molecule has 2 rings (SSSR count). The average molecular weight is 295 g/mol. The third kappa shape index (κ3) is 5.26. The molecule has 0 bridgehead atoms. The molecule has 2 fully saturated rings. The molecule has 4 nitrogen and oxygen atoms in total. The lowest BCUT2D eigenvalue weighted by Gasteiger charge is -2.32. The summed E-state index contributed by atoms with van der Waals surface area (Å²) in [5.74, 6) is -0.199. The lowest BCUT2D eigenvalue weighted by atomic mass is 9.92. The molecule has 2 aliphatic carbocycles. The Labute approximate surface area is 129 Å². The summed E-state index contributed by atoms with van der Waals surface area (Å²) in [6.07, 6.45) is 12.4. The Morgan fingerprint density at radius 2 is 1.86 bits per heavy atom. The molecule has 4 heteroatoms. The molecule has 2 aliphatic rings. The van der Waals surface area contributed by atoms with Crippen molar-refractivity contribution in [2.75, 3.05) is 13.6 Å². The zero-order valence-corrected chi connectivity index (χ0v) is 13.9. The molecule has 0 radical (unpaired) electrons. The lowest BCUT2D eigenvalue weighted by Crippen LogP contribution is -2.54. The van der Waals surface area contributed by atoms with E-state index < -0.39 is 5.54 Å². The van der Waals surface area contributed by atoms with Gasteiger partial charge in [-0.1, -0.05) is 19.3 Å². The van der Waals surface area contributed by atoms with Crippen molar-refractivity contribution in [1.82, 2.24) is 10.2 Å². The summed E-state index contributed by atoms with van der Waals surface area (Å²) < 4.78 is 0. The molecule has 0 aromatic carbocycles. The number of nitrogens with one attached hydrogen (secondary N) is 1. The van der Waals surface area contributed by atoms with Gasteiger partial charge in [0.05, 0.1) is 5.54 Å². The first-order valence-corrected chi connectivity index (χ1v) is 8.79. The molecule has 0 aromatic heterocycles. The van der Waals surface area contributed by atoms with Crippen LogP contribution >= 0.6 is 0 Å². The summed E-state index contributed by atoms with van der Waals surface area (Å²) >= 11 is 0. The Balaban J connectivity index is 1.65. The summed E-state index contributed by atoms with van der Waals surface area (Å²) in [6, 6.07) is 1.30. The van der Waals surface area contributed by atoms with Gasteiger partial charge in [0.1, 0.15) is 0 Å². The first-order valence-electron chi connectivity index (χ1n) is 8.79. The van der Waals surface area contributed by atoms with Gasteiger partial charge in [-0.15, -0.1) is 0 Å². The SMILES string of the molecule is CN(CCCCC(C)(NC1CC1)C(N)=O)C1CCCCC1. The molecule has 21 heavy (non-hydrogen) atoms. The van der Waals surface area contributed by atoms with Crippen LogP contribution in [0.25, 0.3) is 0 Å². The number of hydrogen-bond acceptors (Lipinski definition) is 3. The Kier molecular flexibility index (Phi) is 6.06. The minimum absolute atomic E-state index is 0.199. The van der Waals surface area contributed by atoms with Crippen LogP contribution in [0.2, 0.25) is 0 Å². The summed E-state index contributed by atoms with van der Waals surface area (Å²) in [6.45, 7) is 3.11. The Bertz CT molecular complexity index is 337. The molecule has 122 valence electrons. The van der Waals surface area contributed by atoms with Crippen molar-refractivity contribution in [3.05, 3.63) is 0 Å². The maximum Gasteiger partial charge on any atom is 0.237 e. The normalized spacial score (nSPS) is 23.2. The highest BCUT2D eigenvalue weighted by atomic mass is 16.1. The van der Waals surface area contributed by atoms with E-state index in [0.717, 1.165) is 31.8 Å². The van der Waals surface area contributed by atoms with Crippen LogP contribution in [0, 0.1) is 0 Å². The van der Waals surface area contributed by atoms with Crippen LogP contribution in [0.5, 0.6) is 0 Å². The molecule has 0 aliphatic heterocycles. The highest BCUT2D eigenvalue weighted by Gasteiger charge is 2.36. The number of primary amides is 1. The number of nitrogens with two attached hydrogens (primary N) is 1. The predicted octanol–water partition coefficient (Wildman–Crippen LogP) is 2.42. The summed E-state index contributed by atoms with van der Waals surface area (Å²) in [4.78, 5) is 14.2. The zero-order chi connectivity index (χ0) is 15.3. The Morgan fingerprint density at radius 3 is 2.43 bits per heavy atom. The second kappa shape index (κ2) is 7.59. The molecular formula is C17H33N3O. The fraction of sp³-hybridized carbons (Fsp3) is 0.941. The van der Waals surface area contributed by atoms with Crippen molar-refractivity contribution in [2.45, 2.75) is 88.8 Å². The van der Waals surface area contributed by atoms with Crippen molar-refractivity contribution in [2.24, 2.45) is 5.73 Å². The Hall–Kier alpha value is -0.610. The third-order valence-corrected chi connectivity index (χ3v) is 5.28. The number of hydrogen-bond donors (Lipinski definition) is 2. The third-order valence-electron chi connectivity index (χ3n) is 5.28. The second-order valence-corrected chi connectivity index (χ2v) is 7.34. The largest absolute Gasteiger partial charge is 0.368 e. The summed E-state index contributed by atoms with van der Waals surface area (Å²) in [7, 11) is 2.26. The first kappa shape index (κ1) is 16.8. The minimum atomic E-state index is -0.509. The zero-order valence-electron chi connectivity index (χ0n) is 13.9. The van der Waals surface area contributed by atoms with E-state index in [-0.39, 0.29) is 5.91 Å². The number of carbonyl (C=O) groups excluding carboxylic acids is 1. The van der Waals surface area contributed by atoms with Crippen LogP contribution in [0.4, 0.5) is 0 Å². The lowest BCUT2D eigenvalue weighted by molar-refractivity contribution is -0.124. The monoisotopic (exact) mass is 295 g/mol. The van der Waals surface area contributed by atoms with Gasteiger partial charge in [0, 0.05) is 12.1 Å². The van der Waals surface area contributed by atoms with Gasteiger partial charge in [-0.05, 0) is 65.5 Å². The van der Waals surface area contributed by atoms with Gasteiger partial charge in [-0.3, -0.25) is 4.79 Å². The minimum Gasteiger partial charge on any atom is -0.368 e. The standard InChI is InChI=1S/C17H33N3O/c1-17(16(18)21,19-14-10-11-14)12-6-7-13-20(2)15-8-4-3-5-9-15/h14-15,19H,3-13H2,1-2H3,(H2,18,21). The van der Waals surface area contributed by atoms with E-state index in [2.05, 4.69) is 17.3 Å². The van der Waals surface area contributed by atoms with E-state index in [1.807, 2.05) is 6.92 Å². The molecule has 1 amide bonds.